The maximum absolute atomic E-state index is 12.4. The van der Waals surface area contributed by atoms with Crippen molar-refractivity contribution in [3.8, 4) is 5.75 Å². The zero-order valence-corrected chi connectivity index (χ0v) is 23.0. The molecule has 0 atom stereocenters. The summed E-state index contributed by atoms with van der Waals surface area (Å²) >= 11 is 7.82. The molecule has 0 saturated carbocycles. The van der Waals surface area contributed by atoms with Crippen molar-refractivity contribution in [2.45, 2.75) is 6.61 Å². The minimum Gasteiger partial charge on any atom is -0.487 e. The lowest BCUT2D eigenvalue weighted by Gasteiger charge is -2.11. The van der Waals surface area contributed by atoms with Crippen molar-refractivity contribution >= 4 is 89.9 Å². The lowest BCUT2D eigenvalue weighted by atomic mass is 10.2. The molecular weight excluding hydrogens is 732 g/mol. The van der Waals surface area contributed by atoms with Gasteiger partial charge in [0.05, 0.1) is 18.3 Å². The Kier molecular flexibility index (Phi) is 7.83. The van der Waals surface area contributed by atoms with Crippen LogP contribution in [0.25, 0.3) is 11.0 Å². The molecule has 0 unspecified atom stereocenters. The number of amides is 1. The van der Waals surface area contributed by atoms with E-state index < -0.39 is 10.8 Å². The van der Waals surface area contributed by atoms with Crippen LogP contribution in [0.2, 0.25) is 0 Å². The van der Waals surface area contributed by atoms with Crippen LogP contribution in [0.5, 0.6) is 5.75 Å². The zero-order valence-electron chi connectivity index (χ0n) is 17.1. The van der Waals surface area contributed by atoms with Crippen molar-refractivity contribution in [2.75, 3.05) is 0 Å². The van der Waals surface area contributed by atoms with Crippen LogP contribution < -0.4 is 10.2 Å². The molecule has 1 heterocycles. The van der Waals surface area contributed by atoms with Gasteiger partial charge in [0.2, 0.25) is 0 Å². The number of ether oxygens (including phenoxy) is 1. The number of nitrogens with zero attached hydrogens (tertiary/aromatic N) is 2. The third-order valence-electron chi connectivity index (χ3n) is 4.63. The van der Waals surface area contributed by atoms with Gasteiger partial charge in [0.15, 0.2) is 5.76 Å². The Balaban J connectivity index is 1.41. The highest BCUT2D eigenvalue weighted by molar-refractivity contribution is 14.1. The maximum Gasteiger partial charge on any atom is 0.307 e. The minimum atomic E-state index is -0.561. The lowest BCUT2D eigenvalue weighted by Crippen LogP contribution is -2.16. The number of halogens is 3. The molecule has 0 fully saturated rings. The second kappa shape index (κ2) is 10.8. The van der Waals surface area contributed by atoms with Crippen LogP contribution in [0.3, 0.4) is 0 Å². The molecule has 0 aliphatic heterocycles. The number of nitro groups is 1. The van der Waals surface area contributed by atoms with E-state index in [2.05, 4.69) is 71.6 Å². The Bertz CT molecular complexity index is 1400. The van der Waals surface area contributed by atoms with E-state index in [1.165, 1.54) is 30.5 Å². The number of fused-ring (bicyclic) bond motifs is 1. The molecule has 0 bridgehead atoms. The predicted molar refractivity (Wildman–Crippen MR) is 148 cm³/mol. The number of benzene rings is 3. The van der Waals surface area contributed by atoms with Gasteiger partial charge in [0.25, 0.3) is 5.69 Å². The molecule has 4 rings (SSSR count). The lowest BCUT2D eigenvalue weighted by molar-refractivity contribution is -0.384. The topological polar surface area (TPSA) is 107 Å². The number of carbonyl (C=O) groups excluding carboxylic acids is 1. The molecule has 1 aromatic heterocycles. The van der Waals surface area contributed by atoms with Crippen molar-refractivity contribution in [2.24, 2.45) is 5.10 Å². The van der Waals surface area contributed by atoms with Crippen molar-refractivity contribution in [3.05, 3.63) is 99.3 Å². The number of rotatable bonds is 7. The van der Waals surface area contributed by atoms with Gasteiger partial charge >= 0.3 is 5.91 Å². The molecule has 0 radical (unpaired) electrons. The summed E-state index contributed by atoms with van der Waals surface area (Å²) in [5.41, 5.74) is 4.56. The smallest absolute Gasteiger partial charge is 0.307 e. The molecule has 11 heteroatoms. The normalized spacial score (nSPS) is 11.1. The van der Waals surface area contributed by atoms with Gasteiger partial charge in [0, 0.05) is 22.0 Å². The quantitative estimate of drug-likeness (QED) is 0.0987. The first-order valence-corrected chi connectivity index (χ1v) is 12.6. The fourth-order valence-corrected chi connectivity index (χ4v) is 5.40. The average Bonchev–Trinajstić information content (AvgIpc) is 3.23. The van der Waals surface area contributed by atoms with Crippen LogP contribution in [-0.4, -0.2) is 17.0 Å². The van der Waals surface area contributed by atoms with E-state index in [0.717, 1.165) is 28.5 Å². The molecule has 1 amide bonds. The number of carbonyl (C=O) groups is 1. The van der Waals surface area contributed by atoms with Crippen LogP contribution in [0.1, 0.15) is 21.7 Å². The number of hydrogen-bond donors (Lipinski definition) is 1. The number of hydrogen-bond acceptors (Lipinski definition) is 6. The van der Waals surface area contributed by atoms with Gasteiger partial charge in [-0.3, -0.25) is 14.9 Å². The average molecular weight is 746 g/mol. The first kappa shape index (κ1) is 24.6. The maximum atomic E-state index is 12.4. The SMILES string of the molecule is O=C(N/N=C/c1cc(I)c(OCc2ccc(Br)cc2)c(I)c1)c1cc2cc([N+](=O)[O-])ccc2o1. The molecule has 0 aliphatic carbocycles. The summed E-state index contributed by atoms with van der Waals surface area (Å²) in [5.74, 6) is 0.226. The molecule has 172 valence electrons. The molecule has 34 heavy (non-hydrogen) atoms. The van der Waals surface area contributed by atoms with E-state index >= 15 is 0 Å². The summed E-state index contributed by atoms with van der Waals surface area (Å²) in [7, 11) is 0. The molecule has 8 nitrogen and oxygen atoms in total. The monoisotopic (exact) mass is 745 g/mol. The van der Waals surface area contributed by atoms with Gasteiger partial charge in [-0.05, 0) is 92.7 Å². The van der Waals surface area contributed by atoms with Crippen LogP contribution in [0.4, 0.5) is 5.69 Å². The van der Waals surface area contributed by atoms with E-state index in [0.29, 0.717) is 17.6 Å². The van der Waals surface area contributed by atoms with E-state index in [4.69, 9.17) is 9.15 Å². The molecular formula is C23H14BrI2N3O5. The number of nitro benzene ring substituents is 1. The van der Waals surface area contributed by atoms with Gasteiger partial charge in [-0.25, -0.2) is 5.43 Å². The Labute approximate surface area is 229 Å². The van der Waals surface area contributed by atoms with Gasteiger partial charge in [-0.2, -0.15) is 5.10 Å². The number of hydrazone groups is 1. The highest BCUT2D eigenvalue weighted by atomic mass is 127. The predicted octanol–water partition coefficient (Wildman–Crippen LogP) is 6.66. The van der Waals surface area contributed by atoms with E-state index in [9.17, 15) is 14.9 Å². The number of furan rings is 1. The van der Waals surface area contributed by atoms with Gasteiger partial charge < -0.3 is 9.15 Å². The fourth-order valence-electron chi connectivity index (χ4n) is 3.00. The second-order valence-electron chi connectivity index (χ2n) is 7.02. The van der Waals surface area contributed by atoms with Crippen molar-refractivity contribution < 1.29 is 18.9 Å². The first-order valence-electron chi connectivity index (χ1n) is 9.68. The Morgan fingerprint density at radius 1 is 1.12 bits per heavy atom. The summed E-state index contributed by atoms with van der Waals surface area (Å²) in [5, 5.41) is 15.4. The Hall–Kier alpha value is -2.52. The van der Waals surface area contributed by atoms with Crippen molar-refractivity contribution in [1.29, 1.82) is 0 Å². The highest BCUT2D eigenvalue weighted by Gasteiger charge is 2.15. The fraction of sp³-hybridized carbons (Fsp3) is 0.0435. The minimum absolute atomic E-state index is 0.00787. The molecule has 1 N–H and O–H groups in total. The second-order valence-corrected chi connectivity index (χ2v) is 10.3. The summed E-state index contributed by atoms with van der Waals surface area (Å²) in [6.07, 6.45) is 1.52. The first-order chi connectivity index (χ1) is 16.3. The molecule has 0 aliphatic rings. The summed E-state index contributed by atoms with van der Waals surface area (Å²) in [6, 6.07) is 17.3. The van der Waals surface area contributed by atoms with Crippen LogP contribution in [0, 0.1) is 17.3 Å². The van der Waals surface area contributed by atoms with Gasteiger partial charge in [-0.1, -0.05) is 28.1 Å². The Morgan fingerprint density at radius 3 is 2.50 bits per heavy atom. The van der Waals surface area contributed by atoms with Crippen LogP contribution in [-0.2, 0) is 6.61 Å². The zero-order chi connectivity index (χ0) is 24.2. The third-order valence-corrected chi connectivity index (χ3v) is 6.76. The molecule has 0 spiro atoms. The van der Waals surface area contributed by atoms with E-state index in [1.807, 2.05) is 36.4 Å². The van der Waals surface area contributed by atoms with Gasteiger partial charge in [0.1, 0.15) is 17.9 Å². The van der Waals surface area contributed by atoms with Crippen molar-refractivity contribution in [3.63, 3.8) is 0 Å². The molecule has 3 aromatic carbocycles. The van der Waals surface area contributed by atoms with E-state index in [1.54, 1.807) is 0 Å². The van der Waals surface area contributed by atoms with Crippen LogP contribution >= 0.6 is 61.1 Å². The molecule has 0 saturated heterocycles. The summed E-state index contributed by atoms with van der Waals surface area (Å²) in [6.45, 7) is 0.448. The van der Waals surface area contributed by atoms with Crippen molar-refractivity contribution in [1.82, 2.24) is 5.43 Å². The highest BCUT2D eigenvalue weighted by Crippen LogP contribution is 2.29. The Morgan fingerprint density at radius 2 is 1.82 bits per heavy atom. The number of non-ortho nitro benzene ring substituents is 1. The van der Waals surface area contributed by atoms with E-state index in [-0.39, 0.29) is 11.4 Å². The largest absolute Gasteiger partial charge is 0.487 e. The third kappa shape index (κ3) is 5.93. The number of nitrogens with one attached hydrogen (secondary N) is 1. The molecule has 4 aromatic rings. The summed E-state index contributed by atoms with van der Waals surface area (Å²) in [4.78, 5) is 22.8. The van der Waals surface area contributed by atoms with Crippen LogP contribution in [0.15, 0.2) is 74.7 Å². The summed E-state index contributed by atoms with van der Waals surface area (Å²) < 4.78 is 14.3. The van der Waals surface area contributed by atoms with Gasteiger partial charge in [-0.15, -0.1) is 0 Å². The standard InChI is InChI=1S/C23H14BrI2N3O5/c24-16-3-1-13(2-4-16)12-33-22-18(25)7-14(8-19(22)26)11-27-28-23(30)21-10-15-9-17(29(31)32)5-6-20(15)34-21/h1-11H,12H2,(H,28,30)/b27-11+.